The van der Waals surface area contributed by atoms with E-state index in [0.29, 0.717) is 25.2 Å². The quantitative estimate of drug-likeness (QED) is 0.819. The highest BCUT2D eigenvalue weighted by Crippen LogP contribution is 2.36. The number of ketones is 1. The van der Waals surface area contributed by atoms with E-state index in [4.69, 9.17) is 0 Å². The van der Waals surface area contributed by atoms with Crippen molar-refractivity contribution in [2.75, 3.05) is 0 Å². The van der Waals surface area contributed by atoms with Crippen LogP contribution in [0.3, 0.4) is 0 Å². The monoisotopic (exact) mass is 255 g/mol. The van der Waals surface area contributed by atoms with Gasteiger partial charge in [0.2, 0.25) is 0 Å². The topological polar surface area (TPSA) is 40.9 Å². The molecule has 1 aromatic rings. The summed E-state index contributed by atoms with van der Waals surface area (Å²) in [5.41, 5.74) is 1.63. The van der Waals surface area contributed by atoms with Gasteiger partial charge in [0.1, 0.15) is 5.41 Å². The molecule has 0 aromatic heterocycles. The maximum absolute atomic E-state index is 12.1. The first-order valence-corrected chi connectivity index (χ1v) is 7.11. The Hall–Kier alpha value is -1.62. The summed E-state index contributed by atoms with van der Waals surface area (Å²) in [5.74, 6) is 0.643. The van der Waals surface area contributed by atoms with Crippen LogP contribution in [0.5, 0.6) is 0 Å². The highest BCUT2D eigenvalue weighted by Gasteiger charge is 2.40. The first-order valence-electron chi connectivity index (χ1n) is 7.11. The van der Waals surface area contributed by atoms with Gasteiger partial charge in [-0.15, -0.1) is 0 Å². The molecule has 2 nitrogen and oxygen atoms in total. The zero-order valence-corrected chi connectivity index (χ0v) is 11.8. The van der Waals surface area contributed by atoms with Crippen LogP contribution in [0.25, 0.3) is 0 Å². The fraction of sp³-hybridized carbons (Fsp3) is 0.529. The Bertz CT molecular complexity index is 495. The Labute approximate surface area is 115 Å². The summed E-state index contributed by atoms with van der Waals surface area (Å²) in [6.07, 6.45) is 3.78. The number of hydrogen-bond donors (Lipinski definition) is 0. The average Bonchev–Trinajstić information content (AvgIpc) is 2.42. The van der Waals surface area contributed by atoms with Crippen LogP contribution in [0.15, 0.2) is 24.3 Å². The molecule has 1 unspecified atom stereocenters. The van der Waals surface area contributed by atoms with Crippen molar-refractivity contribution < 1.29 is 4.79 Å². The van der Waals surface area contributed by atoms with E-state index in [2.05, 4.69) is 44.2 Å². The standard InChI is InChI=1S/C17H21NO/c1-13(2)15-8-6-14(7-9-15)11-17(12-18)10-4-3-5-16(17)19/h6-9,13H,3-5,10-11H2,1-2H3. The van der Waals surface area contributed by atoms with Crippen molar-refractivity contribution in [1.29, 1.82) is 5.26 Å². The largest absolute Gasteiger partial charge is 0.298 e. The van der Waals surface area contributed by atoms with Crippen molar-refractivity contribution in [2.24, 2.45) is 5.41 Å². The van der Waals surface area contributed by atoms with Crippen LogP contribution in [0.2, 0.25) is 0 Å². The van der Waals surface area contributed by atoms with Gasteiger partial charge in [-0.2, -0.15) is 5.26 Å². The molecule has 100 valence electrons. The lowest BCUT2D eigenvalue weighted by Gasteiger charge is -2.29. The number of hydrogen-bond acceptors (Lipinski definition) is 2. The van der Waals surface area contributed by atoms with Crippen molar-refractivity contribution in [3.8, 4) is 6.07 Å². The van der Waals surface area contributed by atoms with Gasteiger partial charge in [-0.1, -0.05) is 44.5 Å². The predicted molar refractivity (Wildman–Crippen MR) is 75.8 cm³/mol. The fourth-order valence-corrected chi connectivity index (χ4v) is 2.80. The summed E-state index contributed by atoms with van der Waals surface area (Å²) in [4.78, 5) is 12.1. The first kappa shape index (κ1) is 13.8. The molecule has 0 aliphatic heterocycles. The lowest BCUT2D eigenvalue weighted by atomic mass is 9.70. The summed E-state index contributed by atoms with van der Waals surface area (Å²) in [6, 6.07) is 10.7. The van der Waals surface area contributed by atoms with Crippen molar-refractivity contribution >= 4 is 5.78 Å². The van der Waals surface area contributed by atoms with E-state index < -0.39 is 5.41 Å². The van der Waals surface area contributed by atoms with Crippen LogP contribution in [0.4, 0.5) is 0 Å². The van der Waals surface area contributed by atoms with Crippen LogP contribution in [0.1, 0.15) is 56.6 Å². The summed E-state index contributed by atoms with van der Waals surface area (Å²) in [7, 11) is 0. The number of benzene rings is 1. The predicted octanol–water partition coefficient (Wildman–Crippen LogP) is 4.01. The van der Waals surface area contributed by atoms with E-state index in [-0.39, 0.29) is 5.78 Å². The maximum Gasteiger partial charge on any atom is 0.153 e. The van der Waals surface area contributed by atoms with Gasteiger partial charge in [0.25, 0.3) is 0 Å². The van der Waals surface area contributed by atoms with E-state index >= 15 is 0 Å². The summed E-state index contributed by atoms with van der Waals surface area (Å²) >= 11 is 0. The smallest absolute Gasteiger partial charge is 0.153 e. The zero-order valence-electron chi connectivity index (χ0n) is 11.8. The molecule has 0 bridgehead atoms. The highest BCUT2D eigenvalue weighted by atomic mass is 16.1. The zero-order chi connectivity index (χ0) is 13.9. The number of nitriles is 1. The van der Waals surface area contributed by atoms with Crippen molar-refractivity contribution in [1.82, 2.24) is 0 Å². The second-order valence-corrected chi connectivity index (χ2v) is 5.90. The lowest BCUT2D eigenvalue weighted by molar-refractivity contribution is -0.128. The number of nitrogens with zero attached hydrogens (tertiary/aromatic N) is 1. The minimum absolute atomic E-state index is 0.134. The van der Waals surface area contributed by atoms with Gasteiger partial charge < -0.3 is 0 Å². The van der Waals surface area contributed by atoms with Crippen LogP contribution in [0, 0.1) is 16.7 Å². The highest BCUT2D eigenvalue weighted by molar-refractivity contribution is 5.88. The molecule has 0 N–H and O–H groups in total. The molecule has 1 fully saturated rings. The molecule has 0 heterocycles. The molecule has 1 aliphatic rings. The SMILES string of the molecule is CC(C)c1ccc(CC2(C#N)CCCCC2=O)cc1. The molecule has 1 aromatic carbocycles. The minimum Gasteiger partial charge on any atom is -0.298 e. The summed E-state index contributed by atoms with van der Waals surface area (Å²) in [5, 5.41) is 9.45. The number of carbonyl (C=O) groups is 1. The molecule has 1 atom stereocenters. The van der Waals surface area contributed by atoms with Gasteiger partial charge in [0.05, 0.1) is 6.07 Å². The summed E-state index contributed by atoms with van der Waals surface area (Å²) in [6.45, 7) is 4.33. The van der Waals surface area contributed by atoms with Crippen LogP contribution < -0.4 is 0 Å². The van der Waals surface area contributed by atoms with Crippen LogP contribution >= 0.6 is 0 Å². The molecular formula is C17H21NO. The van der Waals surface area contributed by atoms with Gasteiger partial charge >= 0.3 is 0 Å². The van der Waals surface area contributed by atoms with Gasteiger partial charge in [0, 0.05) is 6.42 Å². The fourth-order valence-electron chi connectivity index (χ4n) is 2.80. The Morgan fingerprint density at radius 2 is 1.95 bits per heavy atom. The molecule has 0 radical (unpaired) electrons. The van der Waals surface area contributed by atoms with E-state index in [1.165, 1.54) is 5.56 Å². The molecule has 0 amide bonds. The van der Waals surface area contributed by atoms with Crippen LogP contribution in [-0.2, 0) is 11.2 Å². The van der Waals surface area contributed by atoms with Crippen molar-refractivity contribution in [3.63, 3.8) is 0 Å². The molecular weight excluding hydrogens is 234 g/mol. The summed E-state index contributed by atoms with van der Waals surface area (Å²) < 4.78 is 0. The molecule has 0 saturated heterocycles. The van der Waals surface area contributed by atoms with E-state index in [1.807, 2.05) is 0 Å². The Morgan fingerprint density at radius 1 is 1.26 bits per heavy atom. The normalized spacial score (nSPS) is 23.4. The third-order valence-corrected chi connectivity index (χ3v) is 4.16. The molecule has 2 rings (SSSR count). The second-order valence-electron chi connectivity index (χ2n) is 5.90. The maximum atomic E-state index is 12.1. The Balaban J connectivity index is 2.19. The van der Waals surface area contributed by atoms with E-state index in [1.54, 1.807) is 0 Å². The van der Waals surface area contributed by atoms with Gasteiger partial charge in [-0.25, -0.2) is 0 Å². The minimum atomic E-state index is -0.766. The van der Waals surface area contributed by atoms with Gasteiger partial charge in [0.15, 0.2) is 5.78 Å². The molecule has 1 aliphatic carbocycles. The number of Topliss-reactive ketones (excluding diaryl/α,β-unsaturated/α-hetero) is 1. The molecule has 2 heteroatoms. The third kappa shape index (κ3) is 2.87. The van der Waals surface area contributed by atoms with Gasteiger partial charge in [-0.05, 0) is 36.3 Å². The second kappa shape index (κ2) is 5.57. The Kier molecular flexibility index (Phi) is 4.04. The number of rotatable bonds is 3. The molecule has 0 spiro atoms. The Morgan fingerprint density at radius 3 is 2.47 bits per heavy atom. The third-order valence-electron chi connectivity index (χ3n) is 4.16. The lowest BCUT2D eigenvalue weighted by Crippen LogP contribution is -2.34. The molecule has 19 heavy (non-hydrogen) atoms. The van der Waals surface area contributed by atoms with Crippen molar-refractivity contribution in [3.05, 3.63) is 35.4 Å². The first-order chi connectivity index (χ1) is 9.07. The van der Waals surface area contributed by atoms with Gasteiger partial charge in [-0.3, -0.25) is 4.79 Å². The van der Waals surface area contributed by atoms with E-state index in [9.17, 15) is 10.1 Å². The van der Waals surface area contributed by atoms with E-state index in [0.717, 1.165) is 18.4 Å². The molecule has 1 saturated carbocycles. The average molecular weight is 255 g/mol. The number of carbonyl (C=O) groups excluding carboxylic acids is 1. The van der Waals surface area contributed by atoms with Crippen molar-refractivity contribution in [2.45, 2.75) is 51.9 Å². The van der Waals surface area contributed by atoms with Crippen LogP contribution in [-0.4, -0.2) is 5.78 Å².